The molecule has 0 saturated heterocycles. The molecule has 0 saturated carbocycles. The number of hydrogen-bond donors (Lipinski definition) is 2. The number of nitrogens with one attached hydrogen (secondary N) is 2. The summed E-state index contributed by atoms with van der Waals surface area (Å²) in [5.74, 6) is 0.581. The molecule has 23 heavy (non-hydrogen) atoms. The summed E-state index contributed by atoms with van der Waals surface area (Å²) in [4.78, 5) is 11.8. The van der Waals surface area contributed by atoms with E-state index in [1.807, 2.05) is 0 Å². The van der Waals surface area contributed by atoms with Crippen LogP contribution in [0.4, 0.5) is 17.3 Å². The fraction of sp³-hybridized carbons (Fsp3) is 0. The second-order valence-electron chi connectivity index (χ2n) is 4.48. The second-order valence-corrected chi connectivity index (χ2v) is 5.33. The average molecular weight is 349 g/mol. The third-order valence-corrected chi connectivity index (χ3v) is 3.39. The molecular formula is C15H10Cl2N4O2. The van der Waals surface area contributed by atoms with Gasteiger partial charge in [-0.25, -0.2) is 0 Å². The summed E-state index contributed by atoms with van der Waals surface area (Å²) in [7, 11) is 0. The Morgan fingerprint density at radius 2 is 1.83 bits per heavy atom. The van der Waals surface area contributed by atoms with E-state index in [0.29, 0.717) is 27.4 Å². The quantitative estimate of drug-likeness (QED) is 0.731. The van der Waals surface area contributed by atoms with E-state index < -0.39 is 5.91 Å². The first-order chi connectivity index (χ1) is 11.1. The van der Waals surface area contributed by atoms with Crippen molar-refractivity contribution in [2.75, 3.05) is 10.6 Å². The van der Waals surface area contributed by atoms with Crippen molar-refractivity contribution in [3.63, 3.8) is 0 Å². The Bertz CT molecular complexity index is 820. The molecule has 0 atom stereocenters. The summed E-state index contributed by atoms with van der Waals surface area (Å²) < 4.78 is 5.00. The molecule has 1 aromatic carbocycles. The van der Waals surface area contributed by atoms with Gasteiger partial charge in [0.15, 0.2) is 17.4 Å². The number of aromatic nitrogens is 2. The van der Waals surface area contributed by atoms with Crippen LogP contribution in [0.3, 0.4) is 0 Å². The number of nitrogens with zero attached hydrogens (tertiary/aromatic N) is 2. The van der Waals surface area contributed by atoms with Gasteiger partial charge in [0.2, 0.25) is 0 Å². The first-order valence-electron chi connectivity index (χ1n) is 6.52. The van der Waals surface area contributed by atoms with Crippen LogP contribution in [0.25, 0.3) is 0 Å². The molecule has 0 unspecified atom stereocenters. The van der Waals surface area contributed by atoms with E-state index in [9.17, 15) is 4.79 Å². The number of rotatable bonds is 4. The van der Waals surface area contributed by atoms with E-state index in [0.717, 1.165) is 0 Å². The maximum Gasteiger partial charge on any atom is 0.292 e. The lowest BCUT2D eigenvalue weighted by molar-refractivity contribution is 0.0996. The van der Waals surface area contributed by atoms with E-state index in [4.69, 9.17) is 27.6 Å². The van der Waals surface area contributed by atoms with Gasteiger partial charge in [0.25, 0.3) is 5.91 Å². The highest BCUT2D eigenvalue weighted by molar-refractivity contribution is 6.36. The lowest BCUT2D eigenvalue weighted by Crippen LogP contribution is -2.12. The molecule has 6 nitrogen and oxygen atoms in total. The smallest absolute Gasteiger partial charge is 0.292 e. The van der Waals surface area contributed by atoms with Crippen molar-refractivity contribution in [2.24, 2.45) is 0 Å². The molecule has 3 rings (SSSR count). The summed E-state index contributed by atoms with van der Waals surface area (Å²) in [6.45, 7) is 0. The number of carbonyl (C=O) groups excluding carboxylic acids is 1. The zero-order valence-electron chi connectivity index (χ0n) is 11.6. The van der Waals surface area contributed by atoms with Crippen LogP contribution in [0.15, 0.2) is 53.1 Å². The molecule has 2 aromatic heterocycles. The Balaban J connectivity index is 1.68. The maximum absolute atomic E-state index is 11.8. The zero-order chi connectivity index (χ0) is 16.2. The maximum atomic E-state index is 11.8. The van der Waals surface area contributed by atoms with Crippen molar-refractivity contribution in [3.05, 3.63) is 64.5 Å². The molecule has 0 spiro atoms. The van der Waals surface area contributed by atoms with Crippen molar-refractivity contribution in [3.8, 4) is 0 Å². The number of carbonyl (C=O) groups is 1. The van der Waals surface area contributed by atoms with E-state index in [-0.39, 0.29) is 5.76 Å². The minimum Gasteiger partial charge on any atom is -0.459 e. The predicted molar refractivity (Wildman–Crippen MR) is 88.4 cm³/mol. The molecule has 8 heteroatoms. The zero-order valence-corrected chi connectivity index (χ0v) is 13.1. The van der Waals surface area contributed by atoms with Crippen molar-refractivity contribution >= 4 is 46.4 Å². The number of hydrogen-bond acceptors (Lipinski definition) is 5. The lowest BCUT2D eigenvalue weighted by Gasteiger charge is -2.08. The molecule has 2 heterocycles. The third kappa shape index (κ3) is 3.80. The summed E-state index contributed by atoms with van der Waals surface area (Å²) in [5.41, 5.74) is 0.651. The average Bonchev–Trinajstić information content (AvgIpc) is 3.06. The van der Waals surface area contributed by atoms with Gasteiger partial charge >= 0.3 is 0 Å². The van der Waals surface area contributed by atoms with Crippen LogP contribution in [0, 0.1) is 0 Å². The largest absolute Gasteiger partial charge is 0.459 e. The van der Waals surface area contributed by atoms with Crippen molar-refractivity contribution < 1.29 is 9.21 Å². The van der Waals surface area contributed by atoms with E-state index in [1.54, 1.807) is 42.5 Å². The van der Waals surface area contributed by atoms with Gasteiger partial charge < -0.3 is 15.1 Å². The molecule has 0 radical (unpaired) electrons. The van der Waals surface area contributed by atoms with E-state index in [2.05, 4.69) is 20.8 Å². The summed E-state index contributed by atoms with van der Waals surface area (Å²) >= 11 is 11.9. The molecule has 0 aliphatic rings. The molecule has 116 valence electrons. The van der Waals surface area contributed by atoms with Gasteiger partial charge in [-0.05, 0) is 42.5 Å². The fourth-order valence-electron chi connectivity index (χ4n) is 1.78. The van der Waals surface area contributed by atoms with Crippen LogP contribution in [0.5, 0.6) is 0 Å². The topological polar surface area (TPSA) is 80.0 Å². The number of halogens is 2. The first kappa shape index (κ1) is 15.3. The molecule has 1 amide bonds. The van der Waals surface area contributed by atoms with Crippen molar-refractivity contribution in [1.82, 2.24) is 10.2 Å². The van der Waals surface area contributed by atoms with Crippen molar-refractivity contribution in [1.29, 1.82) is 0 Å². The van der Waals surface area contributed by atoms with Gasteiger partial charge in [-0.15, -0.1) is 10.2 Å². The molecule has 2 N–H and O–H groups in total. The summed E-state index contributed by atoms with van der Waals surface area (Å²) in [6, 6.07) is 11.5. The molecule has 3 aromatic rings. The van der Waals surface area contributed by atoms with Crippen LogP contribution in [0.2, 0.25) is 10.0 Å². The van der Waals surface area contributed by atoms with Crippen LogP contribution >= 0.6 is 23.2 Å². The van der Waals surface area contributed by atoms with E-state index in [1.165, 1.54) is 6.26 Å². The number of anilines is 3. The standard InChI is InChI=1S/C15H10Cl2N4O2/c16-9-3-4-11(10(17)8-9)18-13-5-6-14(21-20-13)19-15(22)12-2-1-7-23-12/h1-8H,(H,18,20)(H,19,21,22). The Hall–Kier alpha value is -2.57. The van der Waals surface area contributed by atoms with Crippen molar-refractivity contribution in [2.45, 2.75) is 0 Å². The molecule has 0 fully saturated rings. The Labute approximate surface area is 141 Å². The predicted octanol–water partition coefficient (Wildman–Crippen LogP) is 4.37. The third-order valence-electron chi connectivity index (χ3n) is 2.84. The highest BCUT2D eigenvalue weighted by Gasteiger charge is 2.10. The van der Waals surface area contributed by atoms with Gasteiger partial charge in [-0.1, -0.05) is 23.2 Å². The SMILES string of the molecule is O=C(Nc1ccc(Nc2ccc(Cl)cc2Cl)nn1)c1ccco1. The normalized spacial score (nSPS) is 10.3. The molecular weight excluding hydrogens is 339 g/mol. The number of amides is 1. The van der Waals surface area contributed by atoms with Crippen LogP contribution in [0.1, 0.15) is 10.6 Å². The Morgan fingerprint density at radius 1 is 1.04 bits per heavy atom. The lowest BCUT2D eigenvalue weighted by atomic mass is 10.3. The molecule has 0 aliphatic heterocycles. The fourth-order valence-corrected chi connectivity index (χ4v) is 2.24. The molecule has 0 aliphatic carbocycles. The highest BCUT2D eigenvalue weighted by atomic mass is 35.5. The van der Waals surface area contributed by atoms with Crippen LogP contribution in [-0.2, 0) is 0 Å². The van der Waals surface area contributed by atoms with Gasteiger partial charge in [0, 0.05) is 5.02 Å². The van der Waals surface area contributed by atoms with Gasteiger partial charge in [0.05, 0.1) is 17.0 Å². The number of furan rings is 1. The summed E-state index contributed by atoms with van der Waals surface area (Å²) in [5, 5.41) is 14.5. The molecule has 0 bridgehead atoms. The minimum atomic E-state index is -0.397. The Morgan fingerprint density at radius 3 is 2.48 bits per heavy atom. The van der Waals surface area contributed by atoms with Crippen LogP contribution in [-0.4, -0.2) is 16.1 Å². The van der Waals surface area contributed by atoms with Crippen LogP contribution < -0.4 is 10.6 Å². The van der Waals surface area contributed by atoms with Gasteiger partial charge in [0.1, 0.15) is 0 Å². The van der Waals surface area contributed by atoms with E-state index >= 15 is 0 Å². The highest BCUT2D eigenvalue weighted by Crippen LogP contribution is 2.27. The van der Waals surface area contributed by atoms with Gasteiger partial charge in [-0.3, -0.25) is 4.79 Å². The van der Waals surface area contributed by atoms with Gasteiger partial charge in [-0.2, -0.15) is 0 Å². The first-order valence-corrected chi connectivity index (χ1v) is 7.28. The summed E-state index contributed by atoms with van der Waals surface area (Å²) in [6.07, 6.45) is 1.42. The number of benzene rings is 1. The monoisotopic (exact) mass is 348 g/mol. The minimum absolute atomic E-state index is 0.196. The Kier molecular flexibility index (Phi) is 4.45. The second kappa shape index (κ2) is 6.68.